The molecule has 0 aliphatic heterocycles. The van der Waals surface area contributed by atoms with Crippen LogP contribution in [-0.2, 0) is 4.43 Å². The maximum absolute atomic E-state index is 6.87. The monoisotopic (exact) mass is 313 g/mol. The molecule has 3 heteroatoms. The molecule has 126 valence electrons. The summed E-state index contributed by atoms with van der Waals surface area (Å²) in [6.45, 7) is 22.3. The highest BCUT2D eigenvalue weighted by atomic mass is 28.4. The lowest BCUT2D eigenvalue weighted by atomic mass is 9.98. The third-order valence-corrected chi connectivity index (χ3v) is 10.8. The van der Waals surface area contributed by atoms with Gasteiger partial charge in [0.05, 0.1) is 6.10 Å². The van der Waals surface area contributed by atoms with Crippen LogP contribution >= 0.6 is 0 Å². The minimum atomic E-state index is -1.87. The third kappa shape index (κ3) is 5.54. The fraction of sp³-hybridized carbons (Fsp3) is 0.889. The first-order chi connectivity index (χ1) is 9.59. The molecular weight excluding hydrogens is 274 g/mol. The summed E-state index contributed by atoms with van der Waals surface area (Å²) in [5.41, 5.74) is 8.24. The van der Waals surface area contributed by atoms with Gasteiger partial charge in [0.15, 0.2) is 0 Å². The van der Waals surface area contributed by atoms with E-state index in [0.29, 0.717) is 22.5 Å². The van der Waals surface area contributed by atoms with Crippen molar-refractivity contribution in [3.05, 3.63) is 12.7 Å². The maximum atomic E-state index is 6.87. The first-order valence-electron chi connectivity index (χ1n) is 8.63. The number of rotatable bonds is 10. The summed E-state index contributed by atoms with van der Waals surface area (Å²) < 4.78 is 6.87. The minimum Gasteiger partial charge on any atom is -0.411 e. The van der Waals surface area contributed by atoms with E-state index in [1.807, 2.05) is 6.08 Å². The van der Waals surface area contributed by atoms with Crippen LogP contribution in [0.2, 0.25) is 16.6 Å². The summed E-state index contributed by atoms with van der Waals surface area (Å²) in [4.78, 5) is 0. The molecule has 2 nitrogen and oxygen atoms in total. The molecular formula is C18H39NOSi. The van der Waals surface area contributed by atoms with E-state index in [2.05, 4.69) is 62.0 Å². The molecule has 21 heavy (non-hydrogen) atoms. The van der Waals surface area contributed by atoms with Crippen molar-refractivity contribution >= 4 is 8.32 Å². The largest absolute Gasteiger partial charge is 0.411 e. The molecule has 0 bridgehead atoms. The van der Waals surface area contributed by atoms with Crippen LogP contribution in [0.25, 0.3) is 0 Å². The number of hydrogen-bond donors (Lipinski definition) is 1. The summed E-state index contributed by atoms with van der Waals surface area (Å²) >= 11 is 0. The zero-order valence-corrected chi connectivity index (χ0v) is 16.6. The van der Waals surface area contributed by atoms with Gasteiger partial charge in [0.25, 0.3) is 0 Å². The van der Waals surface area contributed by atoms with Gasteiger partial charge in [0.1, 0.15) is 0 Å². The highest BCUT2D eigenvalue weighted by Crippen LogP contribution is 2.43. The van der Waals surface area contributed by atoms with Crippen LogP contribution in [0.1, 0.15) is 68.2 Å². The Labute approximate surface area is 134 Å². The van der Waals surface area contributed by atoms with Crippen molar-refractivity contribution in [3.8, 4) is 0 Å². The molecule has 0 spiro atoms. The van der Waals surface area contributed by atoms with E-state index in [4.69, 9.17) is 10.2 Å². The van der Waals surface area contributed by atoms with Gasteiger partial charge in [-0.05, 0) is 35.4 Å². The Morgan fingerprint density at radius 3 is 1.67 bits per heavy atom. The molecule has 0 amide bonds. The van der Waals surface area contributed by atoms with Gasteiger partial charge in [0, 0.05) is 6.04 Å². The Kier molecular flexibility index (Phi) is 9.06. The van der Waals surface area contributed by atoms with Gasteiger partial charge in [-0.15, -0.1) is 6.58 Å². The predicted octanol–water partition coefficient (Wildman–Crippen LogP) is 5.50. The maximum Gasteiger partial charge on any atom is 0.200 e. The van der Waals surface area contributed by atoms with E-state index >= 15 is 0 Å². The highest BCUT2D eigenvalue weighted by molar-refractivity contribution is 6.77. The van der Waals surface area contributed by atoms with Gasteiger partial charge < -0.3 is 10.2 Å². The van der Waals surface area contributed by atoms with Crippen molar-refractivity contribution in [2.45, 2.75) is 97.0 Å². The molecule has 0 heterocycles. The van der Waals surface area contributed by atoms with Gasteiger partial charge in [-0.25, -0.2) is 0 Å². The summed E-state index contributed by atoms with van der Waals surface area (Å²) in [6.07, 6.45) is 3.95. The molecule has 0 aromatic heterocycles. The Hall–Kier alpha value is -0.123. The van der Waals surface area contributed by atoms with Crippen LogP contribution < -0.4 is 5.73 Å². The Morgan fingerprint density at radius 1 is 0.952 bits per heavy atom. The fourth-order valence-electron chi connectivity index (χ4n) is 3.84. The quantitative estimate of drug-likeness (QED) is 0.427. The molecule has 0 saturated carbocycles. The summed E-state index contributed by atoms with van der Waals surface area (Å²) in [5, 5.41) is 0. The lowest BCUT2D eigenvalue weighted by molar-refractivity contribution is 0.138. The van der Waals surface area contributed by atoms with E-state index < -0.39 is 8.32 Å². The lowest BCUT2D eigenvalue weighted by Crippen LogP contribution is -2.53. The summed E-state index contributed by atoms with van der Waals surface area (Å²) in [6, 6.07) is 0.103. The van der Waals surface area contributed by atoms with Crippen LogP contribution in [0.5, 0.6) is 0 Å². The second kappa shape index (κ2) is 9.11. The third-order valence-electron chi connectivity index (χ3n) is 4.68. The summed E-state index contributed by atoms with van der Waals surface area (Å²) in [7, 11) is -1.87. The Morgan fingerprint density at radius 2 is 1.38 bits per heavy atom. The van der Waals surface area contributed by atoms with Crippen LogP contribution in [0, 0.1) is 5.92 Å². The van der Waals surface area contributed by atoms with Crippen molar-refractivity contribution in [2.24, 2.45) is 11.7 Å². The van der Waals surface area contributed by atoms with Gasteiger partial charge in [-0.3, -0.25) is 0 Å². The second-order valence-electron chi connectivity index (χ2n) is 7.79. The number of hydrogen-bond acceptors (Lipinski definition) is 2. The highest BCUT2D eigenvalue weighted by Gasteiger charge is 2.47. The Bertz CT molecular complexity index is 278. The van der Waals surface area contributed by atoms with Crippen molar-refractivity contribution in [3.63, 3.8) is 0 Å². The predicted molar refractivity (Wildman–Crippen MR) is 98.2 cm³/mol. The minimum absolute atomic E-state index is 0.103. The van der Waals surface area contributed by atoms with Crippen molar-refractivity contribution in [2.75, 3.05) is 0 Å². The second-order valence-corrected chi connectivity index (χ2v) is 13.2. The van der Waals surface area contributed by atoms with Crippen molar-refractivity contribution < 1.29 is 4.43 Å². The van der Waals surface area contributed by atoms with Gasteiger partial charge in [-0.1, -0.05) is 61.5 Å². The zero-order valence-electron chi connectivity index (χ0n) is 15.6. The topological polar surface area (TPSA) is 35.2 Å². The molecule has 0 aliphatic rings. The van der Waals surface area contributed by atoms with Gasteiger partial charge in [0.2, 0.25) is 8.32 Å². The molecule has 2 N–H and O–H groups in total. The first kappa shape index (κ1) is 20.9. The van der Waals surface area contributed by atoms with Crippen LogP contribution in [-0.4, -0.2) is 20.5 Å². The number of nitrogens with two attached hydrogens (primary N) is 1. The molecule has 0 aromatic carbocycles. The molecule has 0 saturated heterocycles. The van der Waals surface area contributed by atoms with Crippen molar-refractivity contribution in [1.29, 1.82) is 0 Å². The zero-order chi connectivity index (χ0) is 16.8. The average molecular weight is 314 g/mol. The SMILES string of the molecule is C=CC[C@H](O[Si](C(C)C)(C(C)C)C(C)C)[C@@H](N)CC(C)C. The standard InChI is InChI=1S/C18H39NOSi/c1-10-11-18(17(19)12-13(2)3)20-21(14(4)5,15(6)7)16(8)9/h10,13-18H,1,11-12,19H2,2-9H3/t17-,18-/m0/s1. The molecule has 0 rings (SSSR count). The van der Waals surface area contributed by atoms with E-state index in [1.54, 1.807) is 0 Å². The average Bonchev–Trinajstić information content (AvgIpc) is 2.31. The molecule has 0 aromatic rings. The van der Waals surface area contributed by atoms with E-state index in [-0.39, 0.29) is 12.1 Å². The molecule has 0 fully saturated rings. The van der Waals surface area contributed by atoms with Gasteiger partial charge in [-0.2, -0.15) is 0 Å². The normalized spacial score (nSPS) is 16.0. The van der Waals surface area contributed by atoms with Crippen LogP contribution in [0.3, 0.4) is 0 Å². The molecule has 2 atom stereocenters. The lowest BCUT2D eigenvalue weighted by Gasteiger charge is -2.45. The molecule has 0 unspecified atom stereocenters. The summed E-state index contributed by atoms with van der Waals surface area (Å²) in [5.74, 6) is 0.601. The van der Waals surface area contributed by atoms with Gasteiger partial charge >= 0.3 is 0 Å². The van der Waals surface area contributed by atoms with Crippen LogP contribution in [0.4, 0.5) is 0 Å². The van der Waals surface area contributed by atoms with E-state index in [0.717, 1.165) is 12.8 Å². The first-order valence-corrected chi connectivity index (χ1v) is 10.8. The van der Waals surface area contributed by atoms with Crippen LogP contribution in [0.15, 0.2) is 12.7 Å². The molecule has 0 aliphatic carbocycles. The van der Waals surface area contributed by atoms with E-state index in [9.17, 15) is 0 Å². The Balaban J connectivity index is 5.36. The smallest absolute Gasteiger partial charge is 0.200 e. The molecule has 0 radical (unpaired) electrons. The van der Waals surface area contributed by atoms with Crippen molar-refractivity contribution in [1.82, 2.24) is 0 Å². The van der Waals surface area contributed by atoms with E-state index in [1.165, 1.54) is 0 Å². The fourth-order valence-corrected chi connectivity index (χ4v) is 9.45.